The molecule has 0 amide bonds. The zero-order valence-electron chi connectivity index (χ0n) is 12.2. The fourth-order valence-corrected chi connectivity index (χ4v) is 1.90. The molecule has 0 radical (unpaired) electrons. The van der Waals surface area contributed by atoms with Crippen molar-refractivity contribution in [3.8, 4) is 5.75 Å². The Morgan fingerprint density at radius 1 is 0.850 bits per heavy atom. The molecule has 2 rings (SSSR count). The zero-order chi connectivity index (χ0) is 14.2. The van der Waals surface area contributed by atoms with Gasteiger partial charge in [-0.2, -0.15) is 0 Å². The van der Waals surface area contributed by atoms with E-state index in [4.69, 9.17) is 9.47 Å². The fraction of sp³-hybridized carbons (Fsp3) is 0.333. The molecule has 2 aromatic rings. The highest BCUT2D eigenvalue weighted by Crippen LogP contribution is 2.15. The second-order valence-electron chi connectivity index (χ2n) is 5.11. The topological polar surface area (TPSA) is 18.5 Å². The van der Waals surface area contributed by atoms with Crippen molar-refractivity contribution in [3.05, 3.63) is 66.2 Å². The molecule has 2 atom stereocenters. The predicted molar refractivity (Wildman–Crippen MR) is 81.8 cm³/mol. The SMILES string of the molecule is C[C@H](COCc1ccccc1)[C@H](C)Oc1ccccc1. The van der Waals surface area contributed by atoms with E-state index in [0.29, 0.717) is 19.1 Å². The van der Waals surface area contributed by atoms with Crippen LogP contribution in [-0.2, 0) is 11.3 Å². The van der Waals surface area contributed by atoms with Crippen LogP contribution in [-0.4, -0.2) is 12.7 Å². The number of para-hydroxylation sites is 1. The van der Waals surface area contributed by atoms with Gasteiger partial charge in [0.25, 0.3) is 0 Å². The Labute approximate surface area is 121 Å². The normalized spacial score (nSPS) is 13.7. The molecule has 0 spiro atoms. The lowest BCUT2D eigenvalue weighted by Gasteiger charge is -2.21. The Kier molecular flexibility index (Phi) is 5.63. The third-order valence-corrected chi connectivity index (χ3v) is 3.36. The standard InChI is InChI=1S/C18H22O2/c1-15(13-19-14-17-9-5-3-6-10-17)16(2)20-18-11-7-4-8-12-18/h3-12,15-16H,13-14H2,1-2H3/t15-,16+/m1/s1. The van der Waals surface area contributed by atoms with E-state index >= 15 is 0 Å². The van der Waals surface area contributed by atoms with E-state index in [1.54, 1.807) is 0 Å². The summed E-state index contributed by atoms with van der Waals surface area (Å²) in [4.78, 5) is 0. The molecule has 106 valence electrons. The van der Waals surface area contributed by atoms with Gasteiger partial charge in [0.15, 0.2) is 0 Å². The van der Waals surface area contributed by atoms with Crippen molar-refractivity contribution in [3.63, 3.8) is 0 Å². The van der Waals surface area contributed by atoms with Gasteiger partial charge in [0, 0.05) is 5.92 Å². The Hall–Kier alpha value is -1.80. The smallest absolute Gasteiger partial charge is 0.119 e. The van der Waals surface area contributed by atoms with Gasteiger partial charge in [0.1, 0.15) is 11.9 Å². The molecule has 0 aromatic heterocycles. The first kappa shape index (κ1) is 14.6. The number of rotatable bonds is 7. The summed E-state index contributed by atoms with van der Waals surface area (Å²) in [6, 6.07) is 20.2. The minimum atomic E-state index is 0.133. The molecule has 0 aliphatic rings. The Bertz CT molecular complexity index is 481. The van der Waals surface area contributed by atoms with E-state index in [-0.39, 0.29) is 6.10 Å². The average Bonchev–Trinajstić information content (AvgIpc) is 2.49. The molecule has 0 bridgehead atoms. The monoisotopic (exact) mass is 270 g/mol. The van der Waals surface area contributed by atoms with Crippen molar-refractivity contribution < 1.29 is 9.47 Å². The van der Waals surface area contributed by atoms with Crippen molar-refractivity contribution in [2.45, 2.75) is 26.6 Å². The summed E-state index contributed by atoms with van der Waals surface area (Å²) >= 11 is 0. The van der Waals surface area contributed by atoms with E-state index in [0.717, 1.165) is 5.75 Å². The maximum absolute atomic E-state index is 5.90. The minimum Gasteiger partial charge on any atom is -0.490 e. The molecule has 0 aliphatic carbocycles. The maximum Gasteiger partial charge on any atom is 0.119 e. The van der Waals surface area contributed by atoms with Crippen LogP contribution >= 0.6 is 0 Å². The molecule has 2 heteroatoms. The van der Waals surface area contributed by atoms with Crippen molar-refractivity contribution in [2.75, 3.05) is 6.61 Å². The van der Waals surface area contributed by atoms with Crippen molar-refractivity contribution in [2.24, 2.45) is 5.92 Å². The predicted octanol–water partition coefficient (Wildman–Crippen LogP) is 4.31. The summed E-state index contributed by atoms with van der Waals surface area (Å²) in [5, 5.41) is 0. The van der Waals surface area contributed by atoms with Crippen molar-refractivity contribution in [1.82, 2.24) is 0 Å². The summed E-state index contributed by atoms with van der Waals surface area (Å²) in [6.45, 7) is 5.59. The van der Waals surface area contributed by atoms with Crippen LogP contribution in [0.2, 0.25) is 0 Å². The average molecular weight is 270 g/mol. The number of benzene rings is 2. The van der Waals surface area contributed by atoms with Crippen LogP contribution in [0.5, 0.6) is 5.75 Å². The third kappa shape index (κ3) is 4.71. The van der Waals surface area contributed by atoms with E-state index in [2.05, 4.69) is 26.0 Å². The molecule has 20 heavy (non-hydrogen) atoms. The molecule has 0 saturated heterocycles. The molecule has 0 unspecified atom stereocenters. The summed E-state index contributed by atoms with van der Waals surface area (Å²) in [5.74, 6) is 1.26. The first-order valence-corrected chi connectivity index (χ1v) is 7.09. The lowest BCUT2D eigenvalue weighted by Crippen LogP contribution is -2.25. The Morgan fingerprint density at radius 2 is 1.45 bits per heavy atom. The van der Waals surface area contributed by atoms with Crippen LogP contribution < -0.4 is 4.74 Å². The molecule has 0 fully saturated rings. The van der Waals surface area contributed by atoms with Gasteiger partial charge < -0.3 is 9.47 Å². The summed E-state index contributed by atoms with van der Waals surface area (Å²) in [6.07, 6.45) is 0.133. The highest BCUT2D eigenvalue weighted by Gasteiger charge is 2.14. The molecular weight excluding hydrogens is 248 g/mol. The molecule has 0 saturated carbocycles. The van der Waals surface area contributed by atoms with Gasteiger partial charge in [0.2, 0.25) is 0 Å². The van der Waals surface area contributed by atoms with Crippen LogP contribution in [0, 0.1) is 5.92 Å². The molecule has 2 aromatic carbocycles. The lowest BCUT2D eigenvalue weighted by atomic mass is 10.1. The maximum atomic E-state index is 5.90. The molecule has 0 aliphatic heterocycles. The largest absolute Gasteiger partial charge is 0.490 e. The Balaban J connectivity index is 1.73. The second kappa shape index (κ2) is 7.71. The number of hydrogen-bond donors (Lipinski definition) is 0. The van der Waals surface area contributed by atoms with Gasteiger partial charge in [-0.25, -0.2) is 0 Å². The highest BCUT2D eigenvalue weighted by atomic mass is 16.5. The van der Waals surface area contributed by atoms with Gasteiger partial charge in [-0.1, -0.05) is 55.5 Å². The van der Waals surface area contributed by atoms with Crippen LogP contribution in [0.15, 0.2) is 60.7 Å². The van der Waals surface area contributed by atoms with Crippen LogP contribution in [0.1, 0.15) is 19.4 Å². The first-order valence-electron chi connectivity index (χ1n) is 7.09. The quantitative estimate of drug-likeness (QED) is 0.746. The van der Waals surface area contributed by atoms with Crippen molar-refractivity contribution >= 4 is 0 Å². The first-order chi connectivity index (χ1) is 9.75. The van der Waals surface area contributed by atoms with Crippen LogP contribution in [0.25, 0.3) is 0 Å². The lowest BCUT2D eigenvalue weighted by molar-refractivity contribution is 0.0463. The molecule has 2 nitrogen and oxygen atoms in total. The van der Waals surface area contributed by atoms with E-state index in [1.165, 1.54) is 5.56 Å². The van der Waals surface area contributed by atoms with Gasteiger partial charge in [-0.3, -0.25) is 0 Å². The summed E-state index contributed by atoms with van der Waals surface area (Å²) in [5.41, 5.74) is 1.20. The van der Waals surface area contributed by atoms with Crippen LogP contribution in [0.3, 0.4) is 0 Å². The zero-order valence-corrected chi connectivity index (χ0v) is 12.2. The van der Waals surface area contributed by atoms with Gasteiger partial charge in [-0.15, -0.1) is 0 Å². The van der Waals surface area contributed by atoms with Gasteiger partial charge in [0.05, 0.1) is 13.2 Å². The van der Waals surface area contributed by atoms with E-state index in [1.807, 2.05) is 48.5 Å². The minimum absolute atomic E-state index is 0.133. The van der Waals surface area contributed by atoms with E-state index in [9.17, 15) is 0 Å². The fourth-order valence-electron chi connectivity index (χ4n) is 1.90. The second-order valence-corrected chi connectivity index (χ2v) is 5.11. The summed E-state index contributed by atoms with van der Waals surface area (Å²) in [7, 11) is 0. The molecular formula is C18H22O2. The summed E-state index contributed by atoms with van der Waals surface area (Å²) < 4.78 is 11.7. The number of ether oxygens (including phenoxy) is 2. The number of hydrogen-bond acceptors (Lipinski definition) is 2. The highest BCUT2D eigenvalue weighted by molar-refractivity contribution is 5.21. The van der Waals surface area contributed by atoms with Crippen molar-refractivity contribution in [1.29, 1.82) is 0 Å². The Morgan fingerprint density at radius 3 is 2.10 bits per heavy atom. The van der Waals surface area contributed by atoms with Gasteiger partial charge in [-0.05, 0) is 24.6 Å². The van der Waals surface area contributed by atoms with Gasteiger partial charge >= 0.3 is 0 Å². The van der Waals surface area contributed by atoms with Crippen LogP contribution in [0.4, 0.5) is 0 Å². The van der Waals surface area contributed by atoms with E-state index < -0.39 is 0 Å². The third-order valence-electron chi connectivity index (χ3n) is 3.36. The molecule has 0 N–H and O–H groups in total. The molecule has 0 heterocycles.